The molecule has 0 bridgehead atoms. The predicted octanol–water partition coefficient (Wildman–Crippen LogP) is 4.37. The number of aryl methyl sites for hydroxylation is 2. The van der Waals surface area contributed by atoms with Crippen molar-refractivity contribution in [2.45, 2.75) is 26.7 Å². The fourth-order valence-corrected chi connectivity index (χ4v) is 3.95. The molecule has 29 heavy (non-hydrogen) atoms. The van der Waals surface area contributed by atoms with Crippen molar-refractivity contribution in [3.63, 3.8) is 0 Å². The molecule has 2 heterocycles. The van der Waals surface area contributed by atoms with Gasteiger partial charge in [-0.25, -0.2) is 9.97 Å². The van der Waals surface area contributed by atoms with Crippen molar-refractivity contribution in [2.24, 2.45) is 0 Å². The number of hydrogen-bond acceptors (Lipinski definition) is 4. The molecule has 4 rings (SSSR count). The van der Waals surface area contributed by atoms with E-state index in [4.69, 9.17) is 21.6 Å². The Morgan fingerprint density at radius 2 is 1.52 bits per heavy atom. The van der Waals surface area contributed by atoms with Crippen LogP contribution in [-0.4, -0.2) is 47.0 Å². The lowest BCUT2D eigenvalue weighted by Crippen LogP contribution is -2.48. The van der Waals surface area contributed by atoms with Gasteiger partial charge in [0.15, 0.2) is 0 Å². The lowest BCUT2D eigenvalue weighted by molar-refractivity contribution is 0.0747. The molecule has 0 radical (unpaired) electrons. The van der Waals surface area contributed by atoms with Crippen LogP contribution >= 0.6 is 11.6 Å². The van der Waals surface area contributed by atoms with Gasteiger partial charge in [0, 0.05) is 42.5 Å². The van der Waals surface area contributed by atoms with Crippen LogP contribution in [-0.2, 0) is 12.8 Å². The van der Waals surface area contributed by atoms with Crippen LogP contribution in [0.15, 0.2) is 42.5 Å². The van der Waals surface area contributed by atoms with Crippen LogP contribution < -0.4 is 4.90 Å². The Bertz CT molecular complexity index is 1030. The lowest BCUT2D eigenvalue weighted by atomic mass is 10.1. The number of fused-ring (bicyclic) bond motifs is 1. The highest BCUT2D eigenvalue weighted by Gasteiger charge is 2.23. The number of benzene rings is 2. The van der Waals surface area contributed by atoms with Gasteiger partial charge in [-0.15, -0.1) is 0 Å². The molecule has 1 fully saturated rings. The average molecular weight is 409 g/mol. The second-order valence-electron chi connectivity index (χ2n) is 7.28. The van der Waals surface area contributed by atoms with Gasteiger partial charge in [-0.05, 0) is 55.3 Å². The zero-order chi connectivity index (χ0) is 20.4. The van der Waals surface area contributed by atoms with E-state index >= 15 is 0 Å². The molecule has 1 saturated heterocycles. The van der Waals surface area contributed by atoms with Crippen molar-refractivity contribution < 1.29 is 4.79 Å². The topological polar surface area (TPSA) is 49.3 Å². The third kappa shape index (κ3) is 4.06. The maximum atomic E-state index is 13.1. The molecule has 0 N–H and O–H groups in total. The van der Waals surface area contributed by atoms with Crippen molar-refractivity contribution in [1.82, 2.24) is 14.9 Å². The van der Waals surface area contributed by atoms with Crippen molar-refractivity contribution in [3.05, 3.63) is 64.4 Å². The van der Waals surface area contributed by atoms with Crippen molar-refractivity contribution in [1.29, 1.82) is 0 Å². The number of anilines is 1. The fraction of sp³-hybridized carbons (Fsp3) is 0.348. The van der Waals surface area contributed by atoms with Gasteiger partial charge in [0.05, 0.1) is 22.4 Å². The van der Waals surface area contributed by atoms with Gasteiger partial charge >= 0.3 is 0 Å². The van der Waals surface area contributed by atoms with Gasteiger partial charge in [0.1, 0.15) is 0 Å². The molecule has 1 aliphatic heterocycles. The van der Waals surface area contributed by atoms with Crippen LogP contribution in [0, 0.1) is 0 Å². The molecule has 0 atom stereocenters. The van der Waals surface area contributed by atoms with E-state index in [2.05, 4.69) is 18.7 Å². The van der Waals surface area contributed by atoms with E-state index in [0.717, 1.165) is 59.1 Å². The molecule has 150 valence electrons. The summed E-state index contributed by atoms with van der Waals surface area (Å²) in [6, 6.07) is 13.5. The molecular weight excluding hydrogens is 384 g/mol. The maximum Gasteiger partial charge on any atom is 0.254 e. The Morgan fingerprint density at radius 3 is 2.14 bits per heavy atom. The Hall–Kier alpha value is -2.66. The first-order chi connectivity index (χ1) is 14.1. The van der Waals surface area contributed by atoms with E-state index in [1.54, 1.807) is 0 Å². The summed E-state index contributed by atoms with van der Waals surface area (Å²) < 4.78 is 0. The fourth-order valence-electron chi connectivity index (χ4n) is 3.83. The van der Waals surface area contributed by atoms with Crippen LogP contribution in [0.4, 0.5) is 5.69 Å². The third-order valence-electron chi connectivity index (χ3n) is 5.49. The molecule has 1 aliphatic rings. The molecule has 0 saturated carbocycles. The van der Waals surface area contributed by atoms with Crippen LogP contribution in [0.25, 0.3) is 11.0 Å². The monoisotopic (exact) mass is 408 g/mol. The number of hydrogen-bond donors (Lipinski definition) is 0. The van der Waals surface area contributed by atoms with Gasteiger partial charge in [-0.3, -0.25) is 4.79 Å². The van der Waals surface area contributed by atoms with Gasteiger partial charge in [-0.2, -0.15) is 0 Å². The minimum atomic E-state index is 0.0575. The minimum absolute atomic E-state index is 0.0575. The Morgan fingerprint density at radius 1 is 0.897 bits per heavy atom. The Labute approximate surface area is 176 Å². The van der Waals surface area contributed by atoms with Gasteiger partial charge in [-0.1, -0.05) is 25.4 Å². The molecule has 5 nitrogen and oxygen atoms in total. The first kappa shape index (κ1) is 19.6. The Balaban J connectivity index is 1.49. The number of rotatable bonds is 4. The van der Waals surface area contributed by atoms with Crippen LogP contribution in [0.3, 0.4) is 0 Å². The normalized spacial score (nSPS) is 14.4. The van der Waals surface area contributed by atoms with E-state index in [9.17, 15) is 4.79 Å². The number of carbonyl (C=O) groups excluding carboxylic acids is 1. The summed E-state index contributed by atoms with van der Waals surface area (Å²) in [5, 5.41) is 0.735. The highest BCUT2D eigenvalue weighted by atomic mass is 35.5. The third-order valence-corrected chi connectivity index (χ3v) is 5.75. The van der Waals surface area contributed by atoms with Crippen LogP contribution in [0.1, 0.15) is 35.6 Å². The van der Waals surface area contributed by atoms with Gasteiger partial charge < -0.3 is 9.80 Å². The molecule has 6 heteroatoms. The number of carbonyl (C=O) groups is 1. The maximum absolute atomic E-state index is 13.1. The number of aromatic nitrogens is 2. The molecule has 1 amide bonds. The van der Waals surface area contributed by atoms with Gasteiger partial charge in [0.25, 0.3) is 5.91 Å². The van der Waals surface area contributed by atoms with E-state index in [1.165, 1.54) is 0 Å². The van der Waals surface area contributed by atoms with Crippen molar-refractivity contribution >= 4 is 34.2 Å². The van der Waals surface area contributed by atoms with E-state index < -0.39 is 0 Å². The van der Waals surface area contributed by atoms with E-state index in [1.807, 2.05) is 47.4 Å². The van der Waals surface area contributed by atoms with E-state index in [-0.39, 0.29) is 5.91 Å². The summed E-state index contributed by atoms with van der Waals surface area (Å²) in [5.74, 6) is 0.0575. The standard InChI is InChI=1S/C23H25ClN4O/c1-3-19-20(4-2)26-22-15-16(5-10-21(22)25-19)23(29)28-13-11-27(12-14-28)18-8-6-17(24)7-9-18/h5-10,15H,3-4,11-14H2,1-2H3. The first-order valence-corrected chi connectivity index (χ1v) is 10.6. The minimum Gasteiger partial charge on any atom is -0.368 e. The number of piperazine rings is 1. The summed E-state index contributed by atoms with van der Waals surface area (Å²) in [6.45, 7) is 7.18. The summed E-state index contributed by atoms with van der Waals surface area (Å²) in [6.07, 6.45) is 1.71. The zero-order valence-corrected chi connectivity index (χ0v) is 17.6. The van der Waals surface area contributed by atoms with Crippen LogP contribution in [0.5, 0.6) is 0 Å². The summed E-state index contributed by atoms with van der Waals surface area (Å²) in [4.78, 5) is 26.7. The Kier molecular flexibility index (Phi) is 5.67. The molecule has 1 aromatic heterocycles. The summed E-state index contributed by atoms with van der Waals surface area (Å²) in [5.41, 5.74) is 5.52. The molecule has 0 spiro atoms. The SMILES string of the molecule is CCc1nc2ccc(C(=O)N3CCN(c4ccc(Cl)cc4)CC3)cc2nc1CC. The quantitative estimate of drug-likeness (QED) is 0.643. The zero-order valence-electron chi connectivity index (χ0n) is 16.9. The molecule has 3 aromatic rings. The number of nitrogens with zero attached hydrogens (tertiary/aromatic N) is 4. The summed E-state index contributed by atoms with van der Waals surface area (Å²) >= 11 is 5.98. The average Bonchev–Trinajstić information content (AvgIpc) is 2.78. The second kappa shape index (κ2) is 8.37. The van der Waals surface area contributed by atoms with Gasteiger partial charge in [0.2, 0.25) is 0 Å². The second-order valence-corrected chi connectivity index (χ2v) is 7.72. The molecule has 0 unspecified atom stereocenters. The molecule has 2 aromatic carbocycles. The highest BCUT2D eigenvalue weighted by Crippen LogP contribution is 2.21. The number of amides is 1. The smallest absolute Gasteiger partial charge is 0.254 e. The molecular formula is C23H25ClN4O. The van der Waals surface area contributed by atoms with Crippen LogP contribution in [0.2, 0.25) is 5.02 Å². The van der Waals surface area contributed by atoms with Crippen molar-refractivity contribution in [2.75, 3.05) is 31.1 Å². The van der Waals surface area contributed by atoms with Crippen molar-refractivity contribution in [3.8, 4) is 0 Å². The summed E-state index contributed by atoms with van der Waals surface area (Å²) in [7, 11) is 0. The predicted molar refractivity (Wildman–Crippen MR) is 118 cm³/mol. The van der Waals surface area contributed by atoms with E-state index in [0.29, 0.717) is 18.7 Å². The number of halogens is 1. The lowest BCUT2D eigenvalue weighted by Gasteiger charge is -2.36. The highest BCUT2D eigenvalue weighted by molar-refractivity contribution is 6.30. The molecule has 0 aliphatic carbocycles. The largest absolute Gasteiger partial charge is 0.368 e. The first-order valence-electron chi connectivity index (χ1n) is 10.2.